The number of carbonyl (C=O) groups is 2. The molecule has 1 unspecified atom stereocenters. The van der Waals surface area contributed by atoms with Gasteiger partial charge in [0.2, 0.25) is 0 Å². The lowest BCUT2D eigenvalue weighted by atomic mass is 10.2. The van der Waals surface area contributed by atoms with E-state index < -0.39 is 18.0 Å². The van der Waals surface area contributed by atoms with Crippen LogP contribution in [0, 0.1) is 0 Å². The summed E-state index contributed by atoms with van der Waals surface area (Å²) in [7, 11) is 0. The van der Waals surface area contributed by atoms with Gasteiger partial charge in [-0.15, -0.1) is 11.3 Å². The van der Waals surface area contributed by atoms with Crippen molar-refractivity contribution in [1.29, 1.82) is 0 Å². The fraction of sp³-hybridized carbons (Fsp3) is 0.100. The van der Waals surface area contributed by atoms with Crippen molar-refractivity contribution in [3.63, 3.8) is 0 Å². The molecule has 0 saturated carbocycles. The third kappa shape index (κ3) is 4.20. The van der Waals surface area contributed by atoms with Crippen LogP contribution in [0.1, 0.15) is 17.3 Å². The molecule has 0 bridgehead atoms. The summed E-state index contributed by atoms with van der Waals surface area (Å²) in [6.45, 7) is 1.50. The summed E-state index contributed by atoms with van der Waals surface area (Å²) in [6.07, 6.45) is 0.243. The van der Waals surface area contributed by atoms with E-state index in [4.69, 9.17) is 9.15 Å². The van der Waals surface area contributed by atoms with Gasteiger partial charge >= 0.3 is 5.97 Å². The first-order valence-electron chi connectivity index (χ1n) is 8.57. The number of para-hydroxylation sites is 1. The van der Waals surface area contributed by atoms with Crippen LogP contribution in [0.2, 0.25) is 0 Å². The maximum atomic E-state index is 12.4. The van der Waals surface area contributed by atoms with E-state index in [1.165, 1.54) is 24.7 Å². The molecule has 1 amide bonds. The van der Waals surface area contributed by atoms with Crippen LogP contribution in [0.3, 0.4) is 0 Å². The molecular weight excluding hydrogens is 458 g/mol. The number of nitrogens with zero attached hydrogens (tertiary/aromatic N) is 2. The van der Waals surface area contributed by atoms with Gasteiger partial charge in [0.05, 0.1) is 11.3 Å². The van der Waals surface area contributed by atoms with Crippen LogP contribution in [0.4, 0.5) is 5.13 Å². The highest BCUT2D eigenvalue weighted by atomic mass is 79.9. The van der Waals surface area contributed by atoms with Gasteiger partial charge in [0.1, 0.15) is 5.52 Å². The Bertz CT molecular complexity index is 1190. The zero-order valence-electron chi connectivity index (χ0n) is 15.1. The van der Waals surface area contributed by atoms with Crippen LogP contribution in [0.5, 0.6) is 0 Å². The first-order valence-corrected chi connectivity index (χ1v) is 10.2. The molecule has 2 aromatic carbocycles. The number of oxazole rings is 1. The lowest BCUT2D eigenvalue weighted by molar-refractivity contribution is -0.123. The topological polar surface area (TPSA) is 94.3 Å². The molecule has 0 fully saturated rings. The number of halogens is 1. The molecule has 146 valence electrons. The predicted molar refractivity (Wildman–Crippen MR) is 113 cm³/mol. The van der Waals surface area contributed by atoms with Crippen LogP contribution in [-0.4, -0.2) is 27.9 Å². The Morgan fingerprint density at radius 3 is 2.79 bits per heavy atom. The molecule has 0 aliphatic heterocycles. The van der Waals surface area contributed by atoms with Crippen LogP contribution in [0.25, 0.3) is 22.4 Å². The molecule has 1 atom stereocenters. The number of ether oxygens (including phenoxy) is 1. The molecule has 1 N–H and O–H groups in total. The van der Waals surface area contributed by atoms with Crippen molar-refractivity contribution in [3.8, 4) is 11.3 Å². The lowest BCUT2D eigenvalue weighted by Gasteiger charge is -2.12. The number of amides is 1. The van der Waals surface area contributed by atoms with Crippen molar-refractivity contribution < 1.29 is 18.7 Å². The molecule has 0 spiro atoms. The second-order valence-electron chi connectivity index (χ2n) is 6.09. The van der Waals surface area contributed by atoms with Crippen LogP contribution >= 0.6 is 27.3 Å². The number of thiazole rings is 1. The minimum absolute atomic E-state index is 0.239. The first kappa shape index (κ1) is 19.3. The number of rotatable bonds is 5. The molecule has 4 aromatic rings. The number of hydrogen-bond donors (Lipinski definition) is 1. The fourth-order valence-corrected chi connectivity index (χ4v) is 3.61. The first-order chi connectivity index (χ1) is 14.0. The number of hydrogen-bond acceptors (Lipinski definition) is 7. The van der Waals surface area contributed by atoms with Gasteiger partial charge < -0.3 is 9.15 Å². The fourth-order valence-electron chi connectivity index (χ4n) is 2.62. The Morgan fingerprint density at radius 2 is 2.00 bits per heavy atom. The molecule has 4 rings (SSSR count). The zero-order valence-corrected chi connectivity index (χ0v) is 17.5. The monoisotopic (exact) mass is 471 g/mol. The van der Waals surface area contributed by atoms with Crippen molar-refractivity contribution in [2.45, 2.75) is 13.0 Å². The second kappa shape index (κ2) is 8.14. The predicted octanol–water partition coefficient (Wildman–Crippen LogP) is 4.90. The average Bonchev–Trinajstić information content (AvgIpc) is 3.37. The van der Waals surface area contributed by atoms with Gasteiger partial charge in [0.15, 0.2) is 23.2 Å². The van der Waals surface area contributed by atoms with Gasteiger partial charge in [0.25, 0.3) is 5.91 Å². The maximum Gasteiger partial charge on any atom is 0.341 e. The minimum atomic E-state index is -1.01. The normalized spacial score (nSPS) is 11.9. The Balaban J connectivity index is 1.41. The van der Waals surface area contributed by atoms with E-state index in [0.29, 0.717) is 16.2 Å². The Kier molecular flexibility index (Phi) is 5.41. The van der Waals surface area contributed by atoms with Crippen LogP contribution in [0.15, 0.2) is 63.1 Å². The minimum Gasteiger partial charge on any atom is -0.449 e. The summed E-state index contributed by atoms with van der Waals surface area (Å²) in [5.74, 6) is -1.12. The molecule has 2 heterocycles. The highest BCUT2D eigenvalue weighted by Crippen LogP contribution is 2.26. The summed E-state index contributed by atoms with van der Waals surface area (Å²) in [5.41, 5.74) is 2.79. The lowest BCUT2D eigenvalue weighted by Crippen LogP contribution is -2.30. The third-order valence-corrected chi connectivity index (χ3v) is 5.39. The summed E-state index contributed by atoms with van der Waals surface area (Å²) < 4.78 is 11.4. The van der Waals surface area contributed by atoms with E-state index in [-0.39, 0.29) is 5.56 Å². The molecule has 29 heavy (non-hydrogen) atoms. The maximum absolute atomic E-state index is 12.4. The van der Waals surface area contributed by atoms with Gasteiger partial charge in [-0.05, 0) is 31.2 Å². The van der Waals surface area contributed by atoms with E-state index >= 15 is 0 Å². The largest absolute Gasteiger partial charge is 0.449 e. The van der Waals surface area contributed by atoms with Crippen molar-refractivity contribution in [2.75, 3.05) is 5.32 Å². The number of aromatic nitrogens is 2. The van der Waals surface area contributed by atoms with Gasteiger partial charge in [-0.3, -0.25) is 10.1 Å². The van der Waals surface area contributed by atoms with Crippen molar-refractivity contribution in [3.05, 3.63) is 64.3 Å². The summed E-state index contributed by atoms with van der Waals surface area (Å²) in [4.78, 5) is 33.3. The van der Waals surface area contributed by atoms with E-state index in [0.717, 1.165) is 15.7 Å². The summed E-state index contributed by atoms with van der Waals surface area (Å²) in [5, 5.41) is 4.95. The number of fused-ring (bicyclic) bond motifs is 1. The van der Waals surface area contributed by atoms with Gasteiger partial charge in [-0.2, -0.15) is 0 Å². The van der Waals surface area contributed by atoms with Gasteiger partial charge in [0, 0.05) is 15.4 Å². The van der Waals surface area contributed by atoms with Crippen molar-refractivity contribution in [2.24, 2.45) is 0 Å². The Hall–Kier alpha value is -3.04. The number of carbonyl (C=O) groups excluding carboxylic acids is 2. The Labute approximate surface area is 177 Å². The van der Waals surface area contributed by atoms with Crippen LogP contribution < -0.4 is 5.32 Å². The SMILES string of the molecule is CC(OC(=O)c1cccc2ocnc12)C(=O)Nc1nc(-c2ccc(Br)cc2)cs1. The molecule has 0 saturated heterocycles. The number of anilines is 1. The summed E-state index contributed by atoms with van der Waals surface area (Å²) in [6, 6.07) is 12.6. The molecule has 0 aliphatic rings. The van der Waals surface area contributed by atoms with Crippen molar-refractivity contribution in [1.82, 2.24) is 9.97 Å². The molecular formula is C20H14BrN3O4S. The van der Waals surface area contributed by atoms with Gasteiger partial charge in [-0.25, -0.2) is 14.8 Å². The van der Waals surface area contributed by atoms with Crippen LogP contribution in [-0.2, 0) is 9.53 Å². The highest BCUT2D eigenvalue weighted by molar-refractivity contribution is 9.10. The molecule has 0 aliphatic carbocycles. The van der Waals surface area contributed by atoms with E-state index in [1.807, 2.05) is 29.6 Å². The smallest absolute Gasteiger partial charge is 0.341 e. The molecule has 0 radical (unpaired) electrons. The number of nitrogens with one attached hydrogen (secondary N) is 1. The number of esters is 1. The molecule has 2 aromatic heterocycles. The van der Waals surface area contributed by atoms with E-state index in [2.05, 4.69) is 31.2 Å². The molecule has 7 nitrogen and oxygen atoms in total. The third-order valence-electron chi connectivity index (χ3n) is 4.11. The quantitative estimate of drug-likeness (QED) is 0.416. The number of benzene rings is 2. The molecule has 9 heteroatoms. The van der Waals surface area contributed by atoms with E-state index in [9.17, 15) is 9.59 Å². The summed E-state index contributed by atoms with van der Waals surface area (Å²) >= 11 is 4.69. The van der Waals surface area contributed by atoms with Crippen molar-refractivity contribution >= 4 is 55.4 Å². The standard InChI is InChI=1S/C20H14BrN3O4S/c1-11(28-19(26)14-3-2-4-16-17(14)22-10-27-16)18(25)24-20-23-15(9-29-20)12-5-7-13(21)8-6-12/h2-11H,1H3,(H,23,24,25). The van der Waals surface area contributed by atoms with Gasteiger partial charge in [-0.1, -0.05) is 34.1 Å². The average molecular weight is 472 g/mol. The Morgan fingerprint density at radius 1 is 1.21 bits per heavy atom. The second-order valence-corrected chi connectivity index (χ2v) is 7.86. The zero-order chi connectivity index (χ0) is 20.4. The van der Waals surface area contributed by atoms with E-state index in [1.54, 1.807) is 18.2 Å². The highest BCUT2D eigenvalue weighted by Gasteiger charge is 2.22.